The summed E-state index contributed by atoms with van der Waals surface area (Å²) >= 11 is 0. The number of hydrogen-bond acceptors (Lipinski definition) is 3. The summed E-state index contributed by atoms with van der Waals surface area (Å²) in [5.41, 5.74) is -1.29. The minimum atomic E-state index is -0.731. The first-order valence-corrected chi connectivity index (χ1v) is 6.11. The average Bonchev–Trinajstić information content (AvgIpc) is 2.49. The highest BCUT2D eigenvalue weighted by atomic mass is 19.1. The molecule has 0 saturated carbocycles. The van der Waals surface area contributed by atoms with E-state index in [2.05, 4.69) is 5.32 Å². The molecule has 2 rings (SSSR count). The van der Waals surface area contributed by atoms with Crippen molar-refractivity contribution in [2.24, 2.45) is 11.3 Å². The summed E-state index contributed by atoms with van der Waals surface area (Å²) in [7, 11) is 0. The second-order valence-corrected chi connectivity index (χ2v) is 6.05. The van der Waals surface area contributed by atoms with Crippen molar-refractivity contribution in [1.82, 2.24) is 10.2 Å². The van der Waals surface area contributed by atoms with Crippen LogP contribution in [-0.2, 0) is 9.53 Å². The first-order valence-electron chi connectivity index (χ1n) is 6.11. The number of ether oxygens (including phenoxy) is 1. The topological polar surface area (TPSA) is 58.6 Å². The third kappa shape index (κ3) is 2.04. The lowest BCUT2D eigenvalue weighted by molar-refractivity contribution is -0.139. The van der Waals surface area contributed by atoms with Gasteiger partial charge in [0.15, 0.2) is 0 Å². The zero-order valence-electron chi connectivity index (χ0n) is 11.0. The van der Waals surface area contributed by atoms with E-state index in [-0.39, 0.29) is 24.9 Å². The van der Waals surface area contributed by atoms with E-state index in [0.29, 0.717) is 6.54 Å². The van der Waals surface area contributed by atoms with Crippen LogP contribution >= 0.6 is 0 Å². The Morgan fingerprint density at radius 3 is 2.67 bits per heavy atom. The summed E-state index contributed by atoms with van der Waals surface area (Å²) in [5, 5.41) is 2.66. The van der Waals surface area contributed by atoms with Crippen molar-refractivity contribution < 1.29 is 18.7 Å². The molecular formula is C12H19FN2O3. The highest BCUT2D eigenvalue weighted by molar-refractivity contribution is 5.88. The first kappa shape index (κ1) is 13.1. The number of amides is 2. The second-order valence-electron chi connectivity index (χ2n) is 6.05. The van der Waals surface area contributed by atoms with Crippen molar-refractivity contribution in [2.75, 3.05) is 26.3 Å². The monoisotopic (exact) mass is 258 g/mol. The van der Waals surface area contributed by atoms with Crippen LogP contribution in [0.25, 0.3) is 0 Å². The summed E-state index contributed by atoms with van der Waals surface area (Å²) in [6.07, 6.45) is -0.439. The third-order valence-corrected chi connectivity index (χ3v) is 3.53. The van der Waals surface area contributed by atoms with Crippen LogP contribution < -0.4 is 5.32 Å². The van der Waals surface area contributed by atoms with Crippen LogP contribution in [0.1, 0.15) is 20.8 Å². The molecule has 0 radical (unpaired) electrons. The molecule has 0 aromatic heterocycles. The summed E-state index contributed by atoms with van der Waals surface area (Å²) in [4.78, 5) is 25.0. The van der Waals surface area contributed by atoms with Gasteiger partial charge in [-0.15, -0.1) is 0 Å². The fraction of sp³-hybridized carbons (Fsp3) is 0.833. The van der Waals surface area contributed by atoms with Gasteiger partial charge in [-0.2, -0.15) is 0 Å². The highest BCUT2D eigenvalue weighted by Gasteiger charge is 2.59. The molecule has 1 N–H and O–H groups in total. The molecule has 2 aliphatic rings. The molecule has 1 atom stereocenters. The van der Waals surface area contributed by atoms with Gasteiger partial charge in [0.1, 0.15) is 5.60 Å². The molecule has 0 aromatic rings. The molecule has 2 amide bonds. The number of rotatable bonds is 1. The number of alkyl halides is 1. The second kappa shape index (κ2) is 4.10. The maximum atomic E-state index is 12.9. The van der Waals surface area contributed by atoms with Crippen LogP contribution in [0.4, 0.5) is 9.18 Å². The average molecular weight is 258 g/mol. The lowest BCUT2D eigenvalue weighted by Crippen LogP contribution is -2.64. The molecule has 0 aromatic carbocycles. The molecule has 1 unspecified atom stereocenters. The van der Waals surface area contributed by atoms with Gasteiger partial charge in [-0.1, -0.05) is 0 Å². The number of nitrogens with zero attached hydrogens (tertiary/aromatic N) is 1. The fourth-order valence-electron chi connectivity index (χ4n) is 2.47. The Morgan fingerprint density at radius 1 is 1.56 bits per heavy atom. The molecule has 2 aliphatic heterocycles. The van der Waals surface area contributed by atoms with E-state index >= 15 is 0 Å². The number of hydrogen-bond donors (Lipinski definition) is 1. The highest BCUT2D eigenvalue weighted by Crippen LogP contribution is 2.42. The minimum Gasteiger partial charge on any atom is -0.444 e. The van der Waals surface area contributed by atoms with Crippen LogP contribution in [0.2, 0.25) is 0 Å². The summed E-state index contributed by atoms with van der Waals surface area (Å²) in [5.74, 6) is -0.478. The largest absolute Gasteiger partial charge is 0.444 e. The van der Waals surface area contributed by atoms with E-state index in [0.717, 1.165) is 0 Å². The Labute approximate surface area is 106 Å². The van der Waals surface area contributed by atoms with Crippen LogP contribution in [0, 0.1) is 11.3 Å². The number of nitrogens with one attached hydrogen (secondary N) is 1. The lowest BCUT2D eigenvalue weighted by atomic mass is 9.71. The van der Waals surface area contributed by atoms with Gasteiger partial charge in [0.2, 0.25) is 5.91 Å². The minimum absolute atomic E-state index is 0.148. The fourth-order valence-corrected chi connectivity index (χ4v) is 2.47. The Bertz CT molecular complexity index is 372. The number of carbonyl (C=O) groups excluding carboxylic acids is 2. The Morgan fingerprint density at radius 2 is 2.17 bits per heavy atom. The van der Waals surface area contributed by atoms with Crippen molar-refractivity contribution in [3.8, 4) is 0 Å². The smallest absolute Gasteiger partial charge is 0.410 e. The molecule has 0 aliphatic carbocycles. The van der Waals surface area contributed by atoms with Crippen LogP contribution in [0.15, 0.2) is 0 Å². The molecule has 2 heterocycles. The van der Waals surface area contributed by atoms with Crippen LogP contribution in [0.5, 0.6) is 0 Å². The van der Waals surface area contributed by atoms with E-state index in [1.165, 1.54) is 4.90 Å². The predicted molar refractivity (Wildman–Crippen MR) is 62.7 cm³/mol. The maximum Gasteiger partial charge on any atom is 0.410 e. The molecule has 2 saturated heterocycles. The normalized spacial score (nSPS) is 25.9. The summed E-state index contributed by atoms with van der Waals surface area (Å²) in [6.45, 7) is 5.68. The molecule has 102 valence electrons. The molecule has 1 spiro atoms. The van der Waals surface area contributed by atoms with Crippen LogP contribution in [-0.4, -0.2) is 48.8 Å². The standard InChI is InChI=1S/C12H19FN2O3/c1-11(2,3)18-10(17)15-6-12(7-15)8(4-13)5-14-9(12)16/h8H,4-7H2,1-3H3,(H,14,16). The van der Waals surface area contributed by atoms with E-state index in [1.54, 1.807) is 20.8 Å². The van der Waals surface area contributed by atoms with Gasteiger partial charge >= 0.3 is 6.09 Å². The number of halogens is 1. The SMILES string of the molecule is CC(C)(C)OC(=O)N1CC2(C1)C(=O)NCC2CF. The molecule has 0 bridgehead atoms. The van der Waals surface area contributed by atoms with E-state index in [1.807, 2.05) is 0 Å². The van der Waals surface area contributed by atoms with Crippen molar-refractivity contribution in [1.29, 1.82) is 0 Å². The van der Waals surface area contributed by atoms with Gasteiger partial charge in [0, 0.05) is 25.6 Å². The van der Waals surface area contributed by atoms with E-state index in [4.69, 9.17) is 4.74 Å². The Hall–Kier alpha value is -1.33. The summed E-state index contributed by atoms with van der Waals surface area (Å²) < 4.78 is 18.1. The molecular weight excluding hydrogens is 239 g/mol. The van der Waals surface area contributed by atoms with Gasteiger partial charge in [0.25, 0.3) is 0 Å². The number of likely N-dealkylation sites (tertiary alicyclic amines) is 1. The third-order valence-electron chi connectivity index (χ3n) is 3.53. The van der Waals surface area contributed by atoms with Crippen molar-refractivity contribution >= 4 is 12.0 Å². The maximum absolute atomic E-state index is 12.9. The Balaban J connectivity index is 1.97. The van der Waals surface area contributed by atoms with Crippen molar-refractivity contribution in [3.05, 3.63) is 0 Å². The molecule has 6 heteroatoms. The van der Waals surface area contributed by atoms with E-state index < -0.39 is 23.8 Å². The van der Waals surface area contributed by atoms with Gasteiger partial charge in [-0.25, -0.2) is 4.79 Å². The van der Waals surface area contributed by atoms with E-state index in [9.17, 15) is 14.0 Å². The zero-order chi connectivity index (χ0) is 13.6. The van der Waals surface area contributed by atoms with Crippen LogP contribution in [0.3, 0.4) is 0 Å². The van der Waals surface area contributed by atoms with Gasteiger partial charge in [-0.3, -0.25) is 9.18 Å². The molecule has 18 heavy (non-hydrogen) atoms. The molecule has 2 fully saturated rings. The van der Waals surface area contributed by atoms with Gasteiger partial charge < -0.3 is 15.0 Å². The lowest BCUT2D eigenvalue weighted by Gasteiger charge is -2.48. The Kier molecular flexibility index (Phi) is 2.99. The number of carbonyl (C=O) groups is 2. The summed E-state index contributed by atoms with van der Waals surface area (Å²) in [6, 6.07) is 0. The quantitative estimate of drug-likeness (QED) is 0.761. The van der Waals surface area contributed by atoms with Gasteiger partial charge in [0.05, 0.1) is 12.1 Å². The van der Waals surface area contributed by atoms with Crippen molar-refractivity contribution in [3.63, 3.8) is 0 Å². The molecule has 5 nitrogen and oxygen atoms in total. The van der Waals surface area contributed by atoms with Gasteiger partial charge in [-0.05, 0) is 20.8 Å². The zero-order valence-corrected chi connectivity index (χ0v) is 11.0. The first-order chi connectivity index (χ1) is 8.28. The van der Waals surface area contributed by atoms with Crippen molar-refractivity contribution in [2.45, 2.75) is 26.4 Å². The predicted octanol–water partition coefficient (Wildman–Crippen LogP) is 0.939.